The van der Waals surface area contributed by atoms with Crippen LogP contribution >= 0.6 is 12.4 Å². The molecule has 2 N–H and O–H groups in total. The van der Waals surface area contributed by atoms with E-state index in [1.807, 2.05) is 6.07 Å². The summed E-state index contributed by atoms with van der Waals surface area (Å²) in [6.07, 6.45) is 4.45. The van der Waals surface area contributed by atoms with E-state index in [2.05, 4.69) is 10.6 Å². The van der Waals surface area contributed by atoms with Gasteiger partial charge in [0.2, 0.25) is 5.91 Å². The van der Waals surface area contributed by atoms with Crippen molar-refractivity contribution in [3.63, 3.8) is 0 Å². The molecule has 2 heterocycles. The minimum absolute atomic E-state index is 0. The van der Waals surface area contributed by atoms with Gasteiger partial charge in [-0.2, -0.15) is 0 Å². The number of carbonyl (C=O) groups excluding carboxylic acids is 1. The highest BCUT2D eigenvalue weighted by Crippen LogP contribution is 2.35. The van der Waals surface area contributed by atoms with Crippen LogP contribution in [0.25, 0.3) is 0 Å². The number of amides is 1. The zero-order valence-corrected chi connectivity index (χ0v) is 16.9. The minimum atomic E-state index is -0.251. The monoisotopic (exact) mass is 412 g/mol. The fourth-order valence-corrected chi connectivity index (χ4v) is 4.80. The van der Waals surface area contributed by atoms with Crippen LogP contribution in [0.2, 0.25) is 0 Å². The van der Waals surface area contributed by atoms with Crippen LogP contribution in [-0.4, -0.2) is 51.0 Å². The number of rotatable bonds is 4. The Balaban J connectivity index is 0.00000225. The van der Waals surface area contributed by atoms with Gasteiger partial charge < -0.3 is 20.1 Å². The van der Waals surface area contributed by atoms with Crippen molar-refractivity contribution in [1.82, 2.24) is 10.6 Å². The Kier molecular flexibility index (Phi) is 7.31. The van der Waals surface area contributed by atoms with Crippen LogP contribution in [0.1, 0.15) is 37.7 Å². The molecule has 1 aliphatic carbocycles. The second-order valence-electron chi connectivity index (χ2n) is 8.10. The molecule has 0 bridgehead atoms. The van der Waals surface area contributed by atoms with Gasteiger partial charge in [0.1, 0.15) is 5.82 Å². The van der Waals surface area contributed by atoms with Crippen LogP contribution in [0, 0.1) is 11.7 Å². The largest absolute Gasteiger partial charge is 0.381 e. The lowest BCUT2D eigenvalue weighted by Crippen LogP contribution is -2.54. The maximum Gasteiger partial charge on any atom is 0.223 e. The van der Waals surface area contributed by atoms with Crippen LogP contribution in [0.3, 0.4) is 0 Å². The Morgan fingerprint density at radius 2 is 2.07 bits per heavy atom. The predicted octanol–water partition coefficient (Wildman–Crippen LogP) is 2.57. The molecule has 0 unspecified atom stereocenters. The predicted molar refractivity (Wildman–Crippen MR) is 107 cm³/mol. The maximum atomic E-state index is 13.8. The van der Waals surface area contributed by atoms with Gasteiger partial charge in [0, 0.05) is 43.7 Å². The molecule has 4 rings (SSSR count). The van der Waals surface area contributed by atoms with E-state index in [0.717, 1.165) is 50.8 Å². The van der Waals surface area contributed by atoms with Crippen LogP contribution in [-0.2, 0) is 19.7 Å². The van der Waals surface area contributed by atoms with Crippen molar-refractivity contribution < 1.29 is 18.7 Å². The smallest absolute Gasteiger partial charge is 0.223 e. The molecule has 0 aromatic heterocycles. The number of hydrogen-bond acceptors (Lipinski definition) is 4. The van der Waals surface area contributed by atoms with Gasteiger partial charge in [-0.1, -0.05) is 12.1 Å². The molecule has 0 spiro atoms. The lowest BCUT2D eigenvalue weighted by molar-refractivity contribution is -0.129. The Hall–Kier alpha value is -1.21. The van der Waals surface area contributed by atoms with E-state index < -0.39 is 0 Å². The zero-order valence-electron chi connectivity index (χ0n) is 16.1. The number of benzene rings is 1. The van der Waals surface area contributed by atoms with Crippen LogP contribution in [0.15, 0.2) is 24.3 Å². The van der Waals surface area contributed by atoms with Crippen molar-refractivity contribution in [1.29, 1.82) is 0 Å². The number of halogens is 2. The van der Waals surface area contributed by atoms with Crippen molar-refractivity contribution in [3.05, 3.63) is 35.6 Å². The van der Waals surface area contributed by atoms with Gasteiger partial charge in [-0.05, 0) is 49.8 Å². The Morgan fingerprint density at radius 1 is 1.25 bits per heavy atom. The molecule has 1 aromatic carbocycles. The number of carbonyl (C=O) groups is 1. The highest BCUT2D eigenvalue weighted by atomic mass is 35.5. The molecule has 3 atom stereocenters. The molecule has 1 amide bonds. The summed E-state index contributed by atoms with van der Waals surface area (Å²) in [4.78, 5) is 12.9. The molecule has 1 aromatic rings. The first-order valence-electron chi connectivity index (χ1n) is 10.1. The summed E-state index contributed by atoms with van der Waals surface area (Å²) in [6, 6.07) is 7.07. The lowest BCUT2D eigenvalue weighted by Gasteiger charge is -2.40. The van der Waals surface area contributed by atoms with Crippen molar-refractivity contribution in [2.24, 2.45) is 5.92 Å². The second kappa shape index (κ2) is 9.53. The molecule has 0 radical (unpaired) electrons. The lowest BCUT2D eigenvalue weighted by atomic mass is 9.74. The number of nitrogens with one attached hydrogen (secondary N) is 2. The first-order chi connectivity index (χ1) is 13.2. The van der Waals surface area contributed by atoms with Gasteiger partial charge in [-0.15, -0.1) is 12.4 Å². The van der Waals surface area contributed by atoms with Gasteiger partial charge >= 0.3 is 0 Å². The summed E-state index contributed by atoms with van der Waals surface area (Å²) < 4.78 is 25.1. The molecule has 5 nitrogen and oxygen atoms in total. The average Bonchev–Trinajstić information content (AvgIpc) is 2.72. The van der Waals surface area contributed by atoms with Crippen molar-refractivity contribution >= 4 is 18.3 Å². The summed E-state index contributed by atoms with van der Waals surface area (Å²) >= 11 is 0. The zero-order chi connectivity index (χ0) is 18.7. The molecular weight excluding hydrogens is 383 g/mol. The first kappa shape index (κ1) is 21.5. The van der Waals surface area contributed by atoms with E-state index in [-0.39, 0.29) is 47.6 Å². The topological polar surface area (TPSA) is 59.6 Å². The third kappa shape index (κ3) is 4.67. The molecule has 156 valence electrons. The number of fused-ring (bicyclic) bond motifs is 1. The second-order valence-corrected chi connectivity index (χ2v) is 8.10. The Labute approximate surface area is 172 Å². The van der Waals surface area contributed by atoms with E-state index in [4.69, 9.17) is 9.47 Å². The fourth-order valence-electron chi connectivity index (χ4n) is 4.80. The molecule has 1 saturated carbocycles. The summed E-state index contributed by atoms with van der Waals surface area (Å²) in [7, 11) is 0. The minimum Gasteiger partial charge on any atom is -0.381 e. The van der Waals surface area contributed by atoms with Crippen LogP contribution in [0.5, 0.6) is 0 Å². The maximum absolute atomic E-state index is 13.8. The first-order valence-corrected chi connectivity index (χ1v) is 10.1. The average molecular weight is 413 g/mol. The van der Waals surface area contributed by atoms with E-state index in [9.17, 15) is 9.18 Å². The van der Waals surface area contributed by atoms with Gasteiger partial charge in [-0.25, -0.2) is 4.39 Å². The highest BCUT2D eigenvalue weighted by molar-refractivity contribution is 5.85. The van der Waals surface area contributed by atoms with Gasteiger partial charge in [0.05, 0.1) is 12.7 Å². The SMILES string of the molecule is Cl.O=C(NCC1(c2cccc(F)c2)CCOCC1)[C@H]1CC[C@H]2OCCN[C@@H]2C1. The third-order valence-corrected chi connectivity index (χ3v) is 6.49. The summed E-state index contributed by atoms with van der Waals surface area (Å²) in [5.41, 5.74) is 0.705. The fraction of sp³-hybridized carbons (Fsp3) is 0.667. The number of morpholine rings is 1. The molecule has 2 saturated heterocycles. The van der Waals surface area contributed by atoms with E-state index in [0.29, 0.717) is 19.8 Å². The number of hydrogen-bond donors (Lipinski definition) is 2. The molecule has 2 aliphatic heterocycles. The van der Waals surface area contributed by atoms with Gasteiger partial charge in [0.25, 0.3) is 0 Å². The van der Waals surface area contributed by atoms with Crippen molar-refractivity contribution in [3.8, 4) is 0 Å². The standard InChI is InChI=1S/C21H29FN2O3.ClH/c22-17-3-1-2-16(13-17)21(6-9-26-10-7-21)14-24-20(25)15-4-5-19-18(12-15)23-8-11-27-19;/h1-3,13,15,18-19,23H,4-12,14H2,(H,24,25);1H/t15-,18+,19+;/m0./s1. The van der Waals surface area contributed by atoms with Gasteiger partial charge in [-0.3, -0.25) is 4.79 Å². The van der Waals surface area contributed by atoms with Gasteiger partial charge in [0.15, 0.2) is 0 Å². The van der Waals surface area contributed by atoms with E-state index in [1.165, 1.54) is 6.07 Å². The van der Waals surface area contributed by atoms with E-state index in [1.54, 1.807) is 12.1 Å². The van der Waals surface area contributed by atoms with E-state index >= 15 is 0 Å². The molecular formula is C21H30ClFN2O3. The summed E-state index contributed by atoms with van der Waals surface area (Å²) in [6.45, 7) is 3.43. The summed E-state index contributed by atoms with van der Waals surface area (Å²) in [5, 5.41) is 6.68. The Bertz CT molecular complexity index is 669. The van der Waals surface area contributed by atoms with Crippen molar-refractivity contribution in [2.75, 3.05) is 32.9 Å². The molecule has 28 heavy (non-hydrogen) atoms. The molecule has 3 fully saturated rings. The summed E-state index contributed by atoms with van der Waals surface area (Å²) in [5.74, 6) is -0.0978. The molecule has 7 heteroatoms. The molecule has 3 aliphatic rings. The highest BCUT2D eigenvalue weighted by Gasteiger charge is 2.38. The normalized spacial score (nSPS) is 29.2. The Morgan fingerprint density at radius 3 is 2.86 bits per heavy atom. The quantitative estimate of drug-likeness (QED) is 0.798. The number of ether oxygens (including phenoxy) is 2. The third-order valence-electron chi connectivity index (χ3n) is 6.49. The van der Waals surface area contributed by atoms with Crippen molar-refractivity contribution in [2.45, 2.75) is 49.7 Å². The van der Waals surface area contributed by atoms with Crippen LogP contribution < -0.4 is 10.6 Å². The van der Waals surface area contributed by atoms with Crippen LogP contribution in [0.4, 0.5) is 4.39 Å².